The third kappa shape index (κ3) is 11.7. The third-order valence-corrected chi connectivity index (χ3v) is 6.52. The van der Waals surface area contributed by atoms with Gasteiger partial charge < -0.3 is 4.74 Å². The molecule has 0 bridgehead atoms. The predicted octanol–water partition coefficient (Wildman–Crippen LogP) is 9.43. The average molecular weight is 456 g/mol. The van der Waals surface area contributed by atoms with Gasteiger partial charge in [0.15, 0.2) is 11.6 Å². The van der Waals surface area contributed by atoms with E-state index >= 15 is 0 Å². The Morgan fingerprint density at radius 1 is 0.788 bits per heavy atom. The Labute approximate surface area is 202 Å². The van der Waals surface area contributed by atoms with E-state index in [1.807, 2.05) is 24.4 Å². The molecule has 2 aromatic rings. The molecule has 1 atom stereocenters. The first-order chi connectivity index (χ1) is 16.2. The number of rotatable bonds is 19. The lowest BCUT2D eigenvalue weighted by molar-refractivity contribution is 0.290. The van der Waals surface area contributed by atoms with Crippen LogP contribution in [0.1, 0.15) is 121 Å². The Morgan fingerprint density at radius 2 is 1.45 bits per heavy atom. The number of unbranched alkanes of at least 4 members (excludes halogenated alkanes) is 11. The summed E-state index contributed by atoms with van der Waals surface area (Å²) in [5.74, 6) is 0.443. The molecule has 1 unspecified atom stereocenters. The molecule has 33 heavy (non-hydrogen) atoms. The van der Waals surface area contributed by atoms with Crippen molar-refractivity contribution in [2.75, 3.05) is 6.61 Å². The van der Waals surface area contributed by atoms with Crippen LogP contribution in [0.25, 0.3) is 0 Å². The molecular weight excluding hydrogens is 409 g/mol. The molecule has 0 fully saturated rings. The van der Waals surface area contributed by atoms with E-state index in [1.54, 1.807) is 6.07 Å². The van der Waals surface area contributed by atoms with Gasteiger partial charge in [0, 0.05) is 11.9 Å². The van der Waals surface area contributed by atoms with Crippen molar-refractivity contribution < 1.29 is 9.13 Å². The lowest BCUT2D eigenvalue weighted by atomic mass is 9.88. The minimum atomic E-state index is -0.233. The molecule has 0 aliphatic heterocycles. The lowest BCUT2D eigenvalue weighted by Gasteiger charge is -2.18. The summed E-state index contributed by atoms with van der Waals surface area (Å²) in [7, 11) is 0. The van der Waals surface area contributed by atoms with Crippen molar-refractivity contribution >= 4 is 0 Å². The normalized spacial score (nSPS) is 12.1. The lowest BCUT2D eigenvalue weighted by Crippen LogP contribution is -2.06. The molecule has 0 aliphatic rings. The Balaban J connectivity index is 1.88. The second-order valence-corrected chi connectivity index (χ2v) is 9.44. The SMILES string of the molecule is CCCCCCCCCCC(Cc1ccccn1)c1ccc(OCCCCCCC)c(F)c1. The summed E-state index contributed by atoms with van der Waals surface area (Å²) in [6.07, 6.45) is 20.1. The predicted molar refractivity (Wildman–Crippen MR) is 139 cm³/mol. The van der Waals surface area contributed by atoms with E-state index in [1.165, 1.54) is 70.6 Å². The number of pyridine rings is 1. The van der Waals surface area contributed by atoms with Crippen LogP contribution in [-0.2, 0) is 6.42 Å². The van der Waals surface area contributed by atoms with Crippen molar-refractivity contribution in [1.29, 1.82) is 0 Å². The Kier molecular flexibility index (Phi) is 14.6. The second-order valence-electron chi connectivity index (χ2n) is 9.44. The maximum absolute atomic E-state index is 14.8. The molecule has 1 aromatic carbocycles. The summed E-state index contributed by atoms with van der Waals surface area (Å²) in [6, 6.07) is 11.7. The second kappa shape index (κ2) is 17.6. The van der Waals surface area contributed by atoms with Crippen LogP contribution in [0.15, 0.2) is 42.6 Å². The highest BCUT2D eigenvalue weighted by Crippen LogP contribution is 2.30. The van der Waals surface area contributed by atoms with E-state index in [0.717, 1.165) is 36.9 Å². The molecular formula is C30H46FNO. The van der Waals surface area contributed by atoms with E-state index in [9.17, 15) is 4.39 Å². The molecule has 3 heteroatoms. The highest BCUT2D eigenvalue weighted by molar-refractivity contribution is 5.32. The van der Waals surface area contributed by atoms with Gasteiger partial charge in [0.05, 0.1) is 6.61 Å². The number of benzene rings is 1. The van der Waals surface area contributed by atoms with E-state index in [0.29, 0.717) is 12.4 Å². The molecule has 2 rings (SSSR count). The van der Waals surface area contributed by atoms with Crippen LogP contribution in [0.3, 0.4) is 0 Å². The topological polar surface area (TPSA) is 22.1 Å². The Bertz CT molecular complexity index is 733. The molecule has 0 aliphatic carbocycles. The summed E-state index contributed by atoms with van der Waals surface area (Å²) in [5, 5.41) is 0. The fourth-order valence-electron chi connectivity index (χ4n) is 4.46. The largest absolute Gasteiger partial charge is 0.491 e. The van der Waals surface area contributed by atoms with Gasteiger partial charge in [-0.25, -0.2) is 4.39 Å². The number of aromatic nitrogens is 1. The van der Waals surface area contributed by atoms with E-state index in [-0.39, 0.29) is 11.7 Å². The molecule has 0 amide bonds. The van der Waals surface area contributed by atoms with Crippen molar-refractivity contribution in [3.8, 4) is 5.75 Å². The quantitative estimate of drug-likeness (QED) is 0.197. The van der Waals surface area contributed by atoms with Gasteiger partial charge in [0.2, 0.25) is 0 Å². The zero-order chi connectivity index (χ0) is 23.6. The van der Waals surface area contributed by atoms with Crippen LogP contribution >= 0.6 is 0 Å². The number of nitrogens with zero attached hydrogens (tertiary/aromatic N) is 1. The van der Waals surface area contributed by atoms with Gasteiger partial charge in [-0.2, -0.15) is 0 Å². The van der Waals surface area contributed by atoms with Gasteiger partial charge in [0.25, 0.3) is 0 Å². The summed E-state index contributed by atoms with van der Waals surface area (Å²) in [4.78, 5) is 4.52. The maximum atomic E-state index is 14.8. The molecule has 0 spiro atoms. The third-order valence-electron chi connectivity index (χ3n) is 6.52. The van der Waals surface area contributed by atoms with Crippen LogP contribution in [0, 0.1) is 5.82 Å². The van der Waals surface area contributed by atoms with Crippen LogP contribution in [0.4, 0.5) is 4.39 Å². The van der Waals surface area contributed by atoms with E-state index in [4.69, 9.17) is 4.74 Å². The van der Waals surface area contributed by atoms with Gasteiger partial charge >= 0.3 is 0 Å². The molecule has 0 radical (unpaired) electrons. The first-order valence-corrected chi connectivity index (χ1v) is 13.6. The fraction of sp³-hybridized carbons (Fsp3) is 0.633. The van der Waals surface area contributed by atoms with Crippen molar-refractivity contribution in [3.05, 3.63) is 59.7 Å². The zero-order valence-corrected chi connectivity index (χ0v) is 21.2. The van der Waals surface area contributed by atoms with Crippen LogP contribution in [0.5, 0.6) is 5.75 Å². The monoisotopic (exact) mass is 455 g/mol. The molecule has 0 saturated heterocycles. The van der Waals surface area contributed by atoms with Crippen LogP contribution in [0.2, 0.25) is 0 Å². The van der Waals surface area contributed by atoms with Gasteiger partial charge in [0.1, 0.15) is 0 Å². The smallest absolute Gasteiger partial charge is 0.165 e. The highest BCUT2D eigenvalue weighted by Gasteiger charge is 2.16. The Hall–Kier alpha value is -1.90. The average Bonchev–Trinajstić information content (AvgIpc) is 2.83. The van der Waals surface area contributed by atoms with Crippen molar-refractivity contribution in [2.45, 2.75) is 116 Å². The molecule has 1 aromatic heterocycles. The van der Waals surface area contributed by atoms with Gasteiger partial charge in [-0.3, -0.25) is 4.98 Å². The van der Waals surface area contributed by atoms with Gasteiger partial charge in [-0.1, -0.05) is 103 Å². The van der Waals surface area contributed by atoms with Gasteiger partial charge in [-0.15, -0.1) is 0 Å². The van der Waals surface area contributed by atoms with Crippen LogP contribution < -0.4 is 4.74 Å². The number of hydrogen-bond donors (Lipinski definition) is 0. The highest BCUT2D eigenvalue weighted by atomic mass is 19.1. The molecule has 1 heterocycles. The number of ether oxygens (including phenoxy) is 1. The molecule has 0 N–H and O–H groups in total. The fourth-order valence-corrected chi connectivity index (χ4v) is 4.46. The summed E-state index contributed by atoms with van der Waals surface area (Å²) < 4.78 is 20.6. The van der Waals surface area contributed by atoms with E-state index < -0.39 is 0 Å². The minimum absolute atomic E-state index is 0.233. The summed E-state index contributed by atoms with van der Waals surface area (Å²) in [5.41, 5.74) is 2.14. The van der Waals surface area contributed by atoms with E-state index in [2.05, 4.69) is 31.0 Å². The summed E-state index contributed by atoms with van der Waals surface area (Å²) in [6.45, 7) is 5.07. The zero-order valence-electron chi connectivity index (χ0n) is 21.2. The van der Waals surface area contributed by atoms with Crippen molar-refractivity contribution in [2.24, 2.45) is 0 Å². The van der Waals surface area contributed by atoms with Crippen LogP contribution in [-0.4, -0.2) is 11.6 Å². The van der Waals surface area contributed by atoms with Crippen molar-refractivity contribution in [3.63, 3.8) is 0 Å². The number of hydrogen-bond acceptors (Lipinski definition) is 2. The Morgan fingerprint density at radius 3 is 2.09 bits per heavy atom. The molecule has 2 nitrogen and oxygen atoms in total. The maximum Gasteiger partial charge on any atom is 0.165 e. The van der Waals surface area contributed by atoms with Gasteiger partial charge in [-0.05, 0) is 55.0 Å². The molecule has 0 saturated carbocycles. The molecule has 184 valence electrons. The standard InChI is InChI=1S/C30H46FNO/c1-3-5-7-9-10-11-12-14-18-26(24-28-19-15-16-22-32-28)27-20-21-30(29(31)25-27)33-23-17-13-8-6-4-2/h15-16,19-22,25-26H,3-14,17-18,23-24H2,1-2H3. The van der Waals surface area contributed by atoms with Crippen molar-refractivity contribution in [1.82, 2.24) is 4.98 Å². The minimum Gasteiger partial charge on any atom is -0.491 e. The first-order valence-electron chi connectivity index (χ1n) is 13.6. The summed E-state index contributed by atoms with van der Waals surface area (Å²) >= 11 is 0. The number of halogens is 1. The first kappa shape index (κ1) is 27.3.